The Labute approximate surface area is 76.9 Å². The maximum atomic E-state index is 5.47. The number of aromatic amines is 1. The molecule has 3 N–H and O–H groups in total. The van der Waals surface area contributed by atoms with Gasteiger partial charge in [-0.15, -0.1) is 0 Å². The number of rotatable bonds is 3. The van der Waals surface area contributed by atoms with Crippen molar-refractivity contribution < 1.29 is 0 Å². The van der Waals surface area contributed by atoms with Gasteiger partial charge in [0, 0.05) is 5.39 Å². The fourth-order valence-electron chi connectivity index (χ4n) is 1.53. The van der Waals surface area contributed by atoms with Crippen LogP contribution >= 0.6 is 0 Å². The molecule has 0 amide bonds. The highest BCUT2D eigenvalue weighted by atomic mass is 15.1. The zero-order chi connectivity index (χ0) is 9.10. The number of hydrogen-bond acceptors (Lipinski definition) is 2. The number of H-pyrrole nitrogens is 1. The van der Waals surface area contributed by atoms with E-state index in [0.717, 1.165) is 24.9 Å². The number of nitrogens with one attached hydrogen (secondary N) is 1. The molecular formula is C10H13N3. The predicted molar refractivity (Wildman–Crippen MR) is 53.5 cm³/mol. The minimum Gasteiger partial charge on any atom is -0.330 e. The molecule has 0 unspecified atom stereocenters. The van der Waals surface area contributed by atoms with Crippen molar-refractivity contribution in [1.29, 1.82) is 0 Å². The predicted octanol–water partition coefficient (Wildman–Crippen LogP) is 1.45. The number of para-hydroxylation sites is 1. The first-order valence-corrected chi connectivity index (χ1v) is 4.53. The van der Waals surface area contributed by atoms with Crippen molar-refractivity contribution in [1.82, 2.24) is 10.2 Å². The SMILES string of the molecule is NCCCc1cccc2cn[nH]c12. The van der Waals surface area contributed by atoms with Crippen LogP contribution in [0.5, 0.6) is 0 Å². The van der Waals surface area contributed by atoms with Gasteiger partial charge < -0.3 is 5.73 Å². The van der Waals surface area contributed by atoms with E-state index in [4.69, 9.17) is 5.73 Å². The number of aromatic nitrogens is 2. The molecule has 0 spiro atoms. The zero-order valence-electron chi connectivity index (χ0n) is 7.46. The second-order valence-corrected chi connectivity index (χ2v) is 3.14. The highest BCUT2D eigenvalue weighted by molar-refractivity contribution is 5.81. The summed E-state index contributed by atoms with van der Waals surface area (Å²) in [6.07, 6.45) is 3.90. The van der Waals surface area contributed by atoms with Crippen LogP contribution in [0.15, 0.2) is 24.4 Å². The molecule has 0 fully saturated rings. The van der Waals surface area contributed by atoms with E-state index >= 15 is 0 Å². The molecular weight excluding hydrogens is 162 g/mol. The molecule has 1 aromatic carbocycles. The third-order valence-electron chi connectivity index (χ3n) is 2.21. The van der Waals surface area contributed by atoms with Gasteiger partial charge in [-0.2, -0.15) is 5.10 Å². The van der Waals surface area contributed by atoms with Crippen molar-refractivity contribution in [3.05, 3.63) is 30.0 Å². The molecule has 0 saturated carbocycles. The number of aryl methyl sites for hydroxylation is 1. The van der Waals surface area contributed by atoms with Crippen LogP contribution in [0.4, 0.5) is 0 Å². The second-order valence-electron chi connectivity index (χ2n) is 3.14. The Morgan fingerprint density at radius 2 is 2.31 bits per heavy atom. The third-order valence-corrected chi connectivity index (χ3v) is 2.21. The number of nitrogens with zero attached hydrogens (tertiary/aromatic N) is 1. The van der Waals surface area contributed by atoms with Crippen LogP contribution in [0.1, 0.15) is 12.0 Å². The first kappa shape index (κ1) is 8.26. The van der Waals surface area contributed by atoms with Crippen molar-refractivity contribution in [2.24, 2.45) is 5.73 Å². The summed E-state index contributed by atoms with van der Waals surface area (Å²) >= 11 is 0. The average Bonchev–Trinajstić information content (AvgIpc) is 2.62. The first-order valence-electron chi connectivity index (χ1n) is 4.53. The van der Waals surface area contributed by atoms with Gasteiger partial charge in [-0.05, 0) is 24.9 Å². The summed E-state index contributed by atoms with van der Waals surface area (Å²) in [4.78, 5) is 0. The Hall–Kier alpha value is -1.35. The van der Waals surface area contributed by atoms with Crippen LogP contribution in [0.2, 0.25) is 0 Å². The fraction of sp³-hybridized carbons (Fsp3) is 0.300. The maximum Gasteiger partial charge on any atom is 0.0682 e. The first-order chi connectivity index (χ1) is 6.42. The number of fused-ring (bicyclic) bond motifs is 1. The molecule has 68 valence electrons. The monoisotopic (exact) mass is 175 g/mol. The van der Waals surface area contributed by atoms with Gasteiger partial charge in [0.25, 0.3) is 0 Å². The largest absolute Gasteiger partial charge is 0.330 e. The van der Waals surface area contributed by atoms with Crippen LogP contribution in [-0.2, 0) is 6.42 Å². The highest BCUT2D eigenvalue weighted by Crippen LogP contribution is 2.16. The lowest BCUT2D eigenvalue weighted by Crippen LogP contribution is -2.00. The molecule has 1 aromatic heterocycles. The van der Waals surface area contributed by atoms with Crippen LogP contribution in [0, 0.1) is 0 Å². The summed E-state index contributed by atoms with van der Waals surface area (Å²) < 4.78 is 0. The van der Waals surface area contributed by atoms with Gasteiger partial charge in [0.1, 0.15) is 0 Å². The summed E-state index contributed by atoms with van der Waals surface area (Å²) in [7, 11) is 0. The topological polar surface area (TPSA) is 54.7 Å². The zero-order valence-corrected chi connectivity index (χ0v) is 7.46. The van der Waals surface area contributed by atoms with Gasteiger partial charge in [0.05, 0.1) is 11.7 Å². The second kappa shape index (κ2) is 3.58. The quantitative estimate of drug-likeness (QED) is 0.741. The fourth-order valence-corrected chi connectivity index (χ4v) is 1.53. The number of nitrogens with two attached hydrogens (primary N) is 1. The van der Waals surface area contributed by atoms with E-state index in [1.165, 1.54) is 10.9 Å². The van der Waals surface area contributed by atoms with Crippen LogP contribution in [0.25, 0.3) is 10.9 Å². The molecule has 0 aliphatic carbocycles. The molecule has 3 heteroatoms. The van der Waals surface area contributed by atoms with E-state index in [-0.39, 0.29) is 0 Å². The van der Waals surface area contributed by atoms with Crippen molar-refractivity contribution >= 4 is 10.9 Å². The Kier molecular flexibility index (Phi) is 2.27. The van der Waals surface area contributed by atoms with Crippen molar-refractivity contribution in [2.45, 2.75) is 12.8 Å². The van der Waals surface area contributed by atoms with E-state index < -0.39 is 0 Å². The van der Waals surface area contributed by atoms with E-state index in [0.29, 0.717) is 0 Å². The van der Waals surface area contributed by atoms with Gasteiger partial charge in [-0.3, -0.25) is 5.10 Å². The van der Waals surface area contributed by atoms with Gasteiger partial charge in [0.15, 0.2) is 0 Å². The lowest BCUT2D eigenvalue weighted by Gasteiger charge is -2.00. The summed E-state index contributed by atoms with van der Waals surface area (Å²) in [5, 5.41) is 8.20. The van der Waals surface area contributed by atoms with E-state index in [1.807, 2.05) is 6.20 Å². The molecule has 2 aromatic rings. The van der Waals surface area contributed by atoms with Gasteiger partial charge in [-0.1, -0.05) is 18.2 Å². The molecule has 2 rings (SSSR count). The molecule has 0 bridgehead atoms. The lowest BCUT2D eigenvalue weighted by molar-refractivity contribution is 0.835. The minimum atomic E-state index is 0.741. The Morgan fingerprint density at radius 3 is 3.15 bits per heavy atom. The lowest BCUT2D eigenvalue weighted by atomic mass is 10.1. The molecule has 1 heterocycles. The van der Waals surface area contributed by atoms with Gasteiger partial charge in [0.2, 0.25) is 0 Å². The summed E-state index contributed by atoms with van der Waals surface area (Å²) in [6, 6.07) is 6.24. The van der Waals surface area contributed by atoms with Crippen LogP contribution < -0.4 is 5.73 Å². The molecule has 13 heavy (non-hydrogen) atoms. The van der Waals surface area contributed by atoms with E-state index in [1.54, 1.807) is 0 Å². The van der Waals surface area contributed by atoms with E-state index in [2.05, 4.69) is 28.4 Å². The summed E-state index contributed by atoms with van der Waals surface area (Å²) in [5.74, 6) is 0. The smallest absolute Gasteiger partial charge is 0.0682 e. The molecule has 3 nitrogen and oxygen atoms in total. The third kappa shape index (κ3) is 1.55. The van der Waals surface area contributed by atoms with E-state index in [9.17, 15) is 0 Å². The Morgan fingerprint density at radius 1 is 1.38 bits per heavy atom. The van der Waals surface area contributed by atoms with Crippen LogP contribution in [-0.4, -0.2) is 16.7 Å². The van der Waals surface area contributed by atoms with Gasteiger partial charge >= 0.3 is 0 Å². The van der Waals surface area contributed by atoms with Crippen LogP contribution in [0.3, 0.4) is 0 Å². The Balaban J connectivity index is 2.37. The molecule has 0 aliphatic rings. The van der Waals surface area contributed by atoms with Gasteiger partial charge in [-0.25, -0.2) is 0 Å². The van der Waals surface area contributed by atoms with Crippen molar-refractivity contribution in [2.75, 3.05) is 6.54 Å². The Bertz CT molecular complexity index is 392. The summed E-state index contributed by atoms with van der Waals surface area (Å²) in [6.45, 7) is 0.741. The maximum absolute atomic E-state index is 5.47. The normalized spacial score (nSPS) is 10.8. The number of benzene rings is 1. The average molecular weight is 175 g/mol. The molecule has 0 atom stereocenters. The molecule has 0 aliphatic heterocycles. The molecule has 0 radical (unpaired) electrons. The number of hydrogen-bond donors (Lipinski definition) is 2. The summed E-state index contributed by atoms with van der Waals surface area (Å²) in [5.41, 5.74) is 7.92. The molecule has 0 saturated heterocycles. The highest BCUT2D eigenvalue weighted by Gasteiger charge is 2.00. The van der Waals surface area contributed by atoms with Crippen molar-refractivity contribution in [3.63, 3.8) is 0 Å². The van der Waals surface area contributed by atoms with Crippen molar-refractivity contribution in [3.8, 4) is 0 Å². The standard InChI is InChI=1S/C10H13N3/c11-6-2-5-8-3-1-4-9-7-12-13-10(8)9/h1,3-4,7H,2,5-6,11H2,(H,12,13). The minimum absolute atomic E-state index is 0.741.